The third kappa shape index (κ3) is 3.64. The molecule has 1 aromatic carbocycles. The first-order chi connectivity index (χ1) is 14.5. The largest absolute Gasteiger partial charge is 0.306 e. The quantitative estimate of drug-likeness (QED) is 0.529. The Hall–Kier alpha value is -4.03. The number of rotatable bonds is 4. The van der Waals surface area contributed by atoms with Crippen LogP contribution < -0.4 is 10.9 Å². The molecule has 0 atom stereocenters. The highest BCUT2D eigenvalue weighted by atomic mass is 32.1. The maximum atomic E-state index is 12.8. The number of benzene rings is 1. The fraction of sp³-hybridized carbons (Fsp3) is 0.0952. The van der Waals surface area contributed by atoms with Gasteiger partial charge in [-0.1, -0.05) is 12.1 Å². The van der Waals surface area contributed by atoms with Crippen LogP contribution in [0.1, 0.15) is 27.2 Å². The van der Waals surface area contributed by atoms with Crippen LogP contribution in [-0.2, 0) is 0 Å². The standard InChI is InChI=1S/C21H16N6O2S/c1-12-13(2)23-21(25-19(12)28)27-18(10-16(26-27)17-7-4-8-30-17)24-20(29)15-6-3-5-14(9-15)11-22/h3-10H,1-2H3,(H,24,29)(H,23,25,28). The molecule has 8 nitrogen and oxygen atoms in total. The van der Waals surface area contributed by atoms with Crippen LogP contribution in [0.4, 0.5) is 5.82 Å². The Morgan fingerprint density at radius 3 is 2.77 bits per heavy atom. The summed E-state index contributed by atoms with van der Waals surface area (Å²) < 4.78 is 1.40. The Kier molecular flexibility index (Phi) is 5.00. The van der Waals surface area contributed by atoms with Crippen molar-refractivity contribution in [3.05, 3.63) is 80.6 Å². The van der Waals surface area contributed by atoms with Crippen molar-refractivity contribution in [3.63, 3.8) is 0 Å². The smallest absolute Gasteiger partial charge is 0.256 e. The topological polar surface area (TPSA) is 116 Å². The highest BCUT2D eigenvalue weighted by Gasteiger charge is 2.18. The maximum Gasteiger partial charge on any atom is 0.256 e. The number of hydrogen-bond donors (Lipinski definition) is 2. The molecule has 30 heavy (non-hydrogen) atoms. The number of carbonyl (C=O) groups is 1. The fourth-order valence-electron chi connectivity index (χ4n) is 2.83. The Labute approximate surface area is 175 Å². The lowest BCUT2D eigenvalue weighted by atomic mass is 10.1. The molecule has 4 aromatic rings. The van der Waals surface area contributed by atoms with E-state index in [0.717, 1.165) is 4.88 Å². The second-order valence-corrected chi connectivity index (χ2v) is 7.50. The molecule has 3 aromatic heterocycles. The lowest BCUT2D eigenvalue weighted by Crippen LogP contribution is -2.20. The first kappa shape index (κ1) is 19.3. The molecule has 9 heteroatoms. The molecule has 148 valence electrons. The van der Waals surface area contributed by atoms with Gasteiger partial charge in [-0.15, -0.1) is 11.3 Å². The molecule has 0 unspecified atom stereocenters. The molecular weight excluding hydrogens is 400 g/mol. The van der Waals surface area contributed by atoms with E-state index in [1.807, 2.05) is 23.6 Å². The van der Waals surface area contributed by atoms with Gasteiger partial charge in [0.15, 0.2) is 0 Å². The number of hydrogen-bond acceptors (Lipinski definition) is 6. The van der Waals surface area contributed by atoms with E-state index >= 15 is 0 Å². The second-order valence-electron chi connectivity index (χ2n) is 6.55. The van der Waals surface area contributed by atoms with Crippen LogP contribution in [0, 0.1) is 25.2 Å². The first-order valence-electron chi connectivity index (χ1n) is 8.99. The van der Waals surface area contributed by atoms with Crippen molar-refractivity contribution >= 4 is 23.1 Å². The average molecular weight is 416 g/mol. The number of aromatic nitrogens is 4. The van der Waals surface area contributed by atoms with E-state index in [1.165, 1.54) is 22.1 Å². The lowest BCUT2D eigenvalue weighted by Gasteiger charge is -2.09. The van der Waals surface area contributed by atoms with Gasteiger partial charge in [0.05, 0.1) is 16.5 Å². The van der Waals surface area contributed by atoms with Crippen molar-refractivity contribution in [2.75, 3.05) is 5.32 Å². The van der Waals surface area contributed by atoms with E-state index in [4.69, 9.17) is 5.26 Å². The number of thiophene rings is 1. The number of anilines is 1. The second kappa shape index (κ2) is 7.77. The van der Waals surface area contributed by atoms with E-state index in [2.05, 4.69) is 20.4 Å². The predicted octanol–water partition coefficient (Wildman–Crippen LogP) is 3.42. The highest BCUT2D eigenvalue weighted by molar-refractivity contribution is 7.13. The Bertz CT molecular complexity index is 1340. The molecule has 1 amide bonds. The van der Waals surface area contributed by atoms with Crippen LogP contribution in [0.3, 0.4) is 0 Å². The summed E-state index contributed by atoms with van der Waals surface area (Å²) in [5, 5.41) is 18.3. The van der Waals surface area contributed by atoms with Crippen LogP contribution in [0.5, 0.6) is 0 Å². The SMILES string of the molecule is Cc1nc(-n2nc(-c3cccs3)cc2NC(=O)c2cccc(C#N)c2)[nH]c(=O)c1C. The Morgan fingerprint density at radius 2 is 2.07 bits per heavy atom. The van der Waals surface area contributed by atoms with Gasteiger partial charge in [-0.3, -0.25) is 14.6 Å². The fourth-order valence-corrected chi connectivity index (χ4v) is 3.51. The van der Waals surface area contributed by atoms with Crippen LogP contribution in [0.2, 0.25) is 0 Å². The summed E-state index contributed by atoms with van der Waals surface area (Å²) in [5.74, 6) is 0.140. The normalized spacial score (nSPS) is 10.6. The highest BCUT2D eigenvalue weighted by Crippen LogP contribution is 2.27. The zero-order chi connectivity index (χ0) is 21.3. The minimum absolute atomic E-state index is 0.201. The molecule has 0 fully saturated rings. The van der Waals surface area contributed by atoms with Gasteiger partial charge in [0.25, 0.3) is 11.5 Å². The van der Waals surface area contributed by atoms with Gasteiger partial charge in [0.2, 0.25) is 5.95 Å². The Morgan fingerprint density at radius 1 is 1.23 bits per heavy atom. The van der Waals surface area contributed by atoms with Crippen molar-refractivity contribution in [2.24, 2.45) is 0 Å². The molecule has 0 saturated heterocycles. The van der Waals surface area contributed by atoms with E-state index < -0.39 is 5.91 Å². The summed E-state index contributed by atoms with van der Waals surface area (Å²) in [4.78, 5) is 33.1. The number of carbonyl (C=O) groups excluding carboxylic acids is 1. The van der Waals surface area contributed by atoms with Gasteiger partial charge in [-0.05, 0) is 43.5 Å². The molecule has 0 aliphatic heterocycles. The summed E-state index contributed by atoms with van der Waals surface area (Å²) in [6.45, 7) is 3.43. The van der Waals surface area contributed by atoms with Gasteiger partial charge in [-0.2, -0.15) is 15.0 Å². The summed E-state index contributed by atoms with van der Waals surface area (Å²) >= 11 is 1.51. The predicted molar refractivity (Wildman–Crippen MR) is 114 cm³/mol. The third-order valence-electron chi connectivity index (χ3n) is 4.56. The van der Waals surface area contributed by atoms with Gasteiger partial charge in [0.1, 0.15) is 11.5 Å². The molecule has 0 radical (unpaired) electrons. The Balaban J connectivity index is 1.79. The van der Waals surface area contributed by atoms with E-state index in [1.54, 1.807) is 38.1 Å². The lowest BCUT2D eigenvalue weighted by molar-refractivity contribution is 0.102. The van der Waals surface area contributed by atoms with Crippen LogP contribution >= 0.6 is 11.3 Å². The minimum Gasteiger partial charge on any atom is -0.306 e. The molecule has 2 N–H and O–H groups in total. The molecule has 0 bridgehead atoms. The van der Waals surface area contributed by atoms with Crippen LogP contribution in [-0.4, -0.2) is 25.7 Å². The minimum atomic E-state index is -0.405. The van der Waals surface area contributed by atoms with Gasteiger partial charge < -0.3 is 5.32 Å². The third-order valence-corrected chi connectivity index (χ3v) is 5.45. The number of nitriles is 1. The van der Waals surface area contributed by atoms with Crippen molar-refractivity contribution in [1.29, 1.82) is 5.26 Å². The number of aryl methyl sites for hydroxylation is 1. The maximum absolute atomic E-state index is 12.8. The van der Waals surface area contributed by atoms with Crippen LogP contribution in [0.25, 0.3) is 16.5 Å². The molecule has 0 spiro atoms. The average Bonchev–Trinajstić information content (AvgIpc) is 3.41. The van der Waals surface area contributed by atoms with E-state index in [-0.39, 0.29) is 11.5 Å². The number of amides is 1. The number of aromatic amines is 1. The van der Waals surface area contributed by atoms with Crippen LogP contribution in [0.15, 0.2) is 52.6 Å². The van der Waals surface area contributed by atoms with Crippen molar-refractivity contribution < 1.29 is 4.79 Å². The van der Waals surface area contributed by atoms with Gasteiger partial charge in [-0.25, -0.2) is 4.98 Å². The van der Waals surface area contributed by atoms with Crippen molar-refractivity contribution in [1.82, 2.24) is 19.7 Å². The summed E-state index contributed by atoms with van der Waals surface area (Å²) in [6.07, 6.45) is 0. The molecule has 0 aliphatic carbocycles. The number of H-pyrrole nitrogens is 1. The molecule has 4 rings (SSSR count). The zero-order valence-electron chi connectivity index (χ0n) is 16.1. The summed E-state index contributed by atoms with van der Waals surface area (Å²) in [6, 6.07) is 13.9. The number of nitrogens with one attached hydrogen (secondary N) is 2. The molecular formula is C21H16N6O2S. The summed E-state index contributed by atoms with van der Waals surface area (Å²) in [7, 11) is 0. The molecule has 0 saturated carbocycles. The van der Waals surface area contributed by atoms with Crippen molar-refractivity contribution in [3.8, 4) is 22.6 Å². The van der Waals surface area contributed by atoms with Gasteiger partial charge >= 0.3 is 0 Å². The molecule has 3 heterocycles. The first-order valence-corrected chi connectivity index (χ1v) is 9.87. The van der Waals surface area contributed by atoms with Crippen molar-refractivity contribution in [2.45, 2.75) is 13.8 Å². The van der Waals surface area contributed by atoms with E-state index in [9.17, 15) is 9.59 Å². The molecule has 0 aliphatic rings. The zero-order valence-corrected chi connectivity index (χ0v) is 16.9. The monoisotopic (exact) mass is 416 g/mol. The van der Waals surface area contributed by atoms with E-state index in [0.29, 0.717) is 33.9 Å². The summed E-state index contributed by atoms with van der Waals surface area (Å²) in [5.41, 5.74) is 2.16. The number of nitrogens with zero attached hydrogens (tertiary/aromatic N) is 4. The van der Waals surface area contributed by atoms with Gasteiger partial charge in [0, 0.05) is 22.9 Å².